The van der Waals surface area contributed by atoms with Crippen LogP contribution >= 0.6 is 0 Å². The van der Waals surface area contributed by atoms with Crippen molar-refractivity contribution in [2.24, 2.45) is 5.41 Å². The Hall–Kier alpha value is -1.51. The molecule has 0 saturated heterocycles. The Bertz CT molecular complexity index is 482. The lowest BCUT2D eigenvalue weighted by Crippen LogP contribution is -2.13. The fourth-order valence-corrected chi connectivity index (χ4v) is 1.79. The number of rotatable bonds is 3. The SMILES string of the molecule is CC1(CNc2cccc3nccn23)CC1. The zero-order chi connectivity index (χ0) is 10.3. The zero-order valence-corrected chi connectivity index (χ0v) is 8.90. The average molecular weight is 201 g/mol. The fourth-order valence-electron chi connectivity index (χ4n) is 1.79. The molecule has 1 fully saturated rings. The Kier molecular flexibility index (Phi) is 1.75. The minimum absolute atomic E-state index is 0.531. The summed E-state index contributed by atoms with van der Waals surface area (Å²) in [6.45, 7) is 3.39. The van der Waals surface area contributed by atoms with Gasteiger partial charge in [-0.15, -0.1) is 0 Å². The van der Waals surface area contributed by atoms with Gasteiger partial charge in [0.25, 0.3) is 0 Å². The molecule has 0 aliphatic heterocycles. The molecule has 3 nitrogen and oxygen atoms in total. The van der Waals surface area contributed by atoms with Crippen molar-refractivity contribution in [1.29, 1.82) is 0 Å². The van der Waals surface area contributed by atoms with E-state index >= 15 is 0 Å². The molecule has 2 heterocycles. The molecule has 0 amide bonds. The number of pyridine rings is 1. The van der Waals surface area contributed by atoms with Gasteiger partial charge in [-0.3, -0.25) is 4.40 Å². The Morgan fingerprint density at radius 1 is 1.47 bits per heavy atom. The van der Waals surface area contributed by atoms with Gasteiger partial charge in [-0.05, 0) is 30.4 Å². The summed E-state index contributed by atoms with van der Waals surface area (Å²) in [4.78, 5) is 4.26. The van der Waals surface area contributed by atoms with Crippen molar-refractivity contribution < 1.29 is 0 Å². The van der Waals surface area contributed by atoms with Crippen LogP contribution in [0.3, 0.4) is 0 Å². The first-order chi connectivity index (χ1) is 7.27. The predicted octanol–water partition coefficient (Wildman–Crippen LogP) is 2.55. The predicted molar refractivity (Wildman–Crippen MR) is 61.0 cm³/mol. The van der Waals surface area contributed by atoms with Crippen molar-refractivity contribution in [1.82, 2.24) is 9.38 Å². The quantitative estimate of drug-likeness (QED) is 0.827. The normalized spacial score (nSPS) is 17.9. The fraction of sp³-hybridized carbons (Fsp3) is 0.417. The smallest absolute Gasteiger partial charge is 0.138 e. The maximum atomic E-state index is 4.26. The van der Waals surface area contributed by atoms with Gasteiger partial charge in [0, 0.05) is 18.9 Å². The monoisotopic (exact) mass is 201 g/mol. The first-order valence-electron chi connectivity index (χ1n) is 5.43. The molecule has 0 radical (unpaired) electrons. The lowest BCUT2D eigenvalue weighted by Gasteiger charge is -2.12. The highest BCUT2D eigenvalue weighted by Gasteiger charge is 2.36. The number of hydrogen-bond donors (Lipinski definition) is 1. The number of hydrogen-bond acceptors (Lipinski definition) is 2. The van der Waals surface area contributed by atoms with E-state index in [0.29, 0.717) is 5.41 Å². The van der Waals surface area contributed by atoms with Crippen LogP contribution in [0.4, 0.5) is 5.82 Å². The summed E-state index contributed by atoms with van der Waals surface area (Å²) in [6.07, 6.45) is 6.52. The second-order valence-electron chi connectivity index (χ2n) is 4.73. The Balaban J connectivity index is 1.86. The number of fused-ring (bicyclic) bond motifs is 1. The molecule has 3 rings (SSSR count). The molecule has 0 atom stereocenters. The summed E-state index contributed by atoms with van der Waals surface area (Å²) >= 11 is 0. The highest BCUT2D eigenvalue weighted by atomic mass is 15.1. The van der Waals surface area contributed by atoms with Crippen molar-refractivity contribution in [2.75, 3.05) is 11.9 Å². The molecule has 2 aromatic heterocycles. The zero-order valence-electron chi connectivity index (χ0n) is 8.90. The maximum absolute atomic E-state index is 4.26. The summed E-state index contributed by atoms with van der Waals surface area (Å²) in [5, 5.41) is 3.50. The molecule has 0 unspecified atom stereocenters. The van der Waals surface area contributed by atoms with E-state index in [1.807, 2.05) is 24.5 Å². The lowest BCUT2D eigenvalue weighted by molar-refractivity contribution is 0.609. The molecule has 2 aromatic rings. The van der Waals surface area contributed by atoms with E-state index in [4.69, 9.17) is 0 Å². The summed E-state index contributed by atoms with van der Waals surface area (Å²) in [5.74, 6) is 1.14. The largest absolute Gasteiger partial charge is 0.371 e. The van der Waals surface area contributed by atoms with Gasteiger partial charge in [0.05, 0.1) is 0 Å². The molecule has 1 N–H and O–H groups in total. The molecule has 1 saturated carbocycles. The van der Waals surface area contributed by atoms with Crippen molar-refractivity contribution in [3.8, 4) is 0 Å². The van der Waals surface area contributed by atoms with Gasteiger partial charge in [-0.1, -0.05) is 13.0 Å². The topological polar surface area (TPSA) is 29.3 Å². The first kappa shape index (κ1) is 8.77. The second kappa shape index (κ2) is 2.99. The van der Waals surface area contributed by atoms with Crippen LogP contribution in [0.15, 0.2) is 30.6 Å². The minimum Gasteiger partial charge on any atom is -0.371 e. The van der Waals surface area contributed by atoms with Crippen LogP contribution in [0.5, 0.6) is 0 Å². The third-order valence-corrected chi connectivity index (χ3v) is 3.23. The van der Waals surface area contributed by atoms with Crippen LogP contribution in [0.2, 0.25) is 0 Å². The molecule has 1 aliphatic rings. The molecule has 3 heteroatoms. The van der Waals surface area contributed by atoms with Crippen LogP contribution in [-0.4, -0.2) is 15.9 Å². The number of nitrogens with zero attached hydrogens (tertiary/aromatic N) is 2. The van der Waals surface area contributed by atoms with Crippen LogP contribution in [0.25, 0.3) is 5.65 Å². The minimum atomic E-state index is 0.531. The molecule has 0 spiro atoms. The summed E-state index contributed by atoms with van der Waals surface area (Å²) < 4.78 is 2.09. The Morgan fingerprint density at radius 2 is 2.33 bits per heavy atom. The van der Waals surface area contributed by atoms with E-state index in [0.717, 1.165) is 18.0 Å². The summed E-state index contributed by atoms with van der Waals surface area (Å²) in [6, 6.07) is 6.16. The number of imidazole rings is 1. The van der Waals surface area contributed by atoms with Crippen LogP contribution in [0.1, 0.15) is 19.8 Å². The number of nitrogens with one attached hydrogen (secondary N) is 1. The molecule has 0 aromatic carbocycles. The van der Waals surface area contributed by atoms with Gasteiger partial charge >= 0.3 is 0 Å². The van der Waals surface area contributed by atoms with Gasteiger partial charge in [0.1, 0.15) is 11.5 Å². The van der Waals surface area contributed by atoms with Gasteiger partial charge in [-0.25, -0.2) is 4.98 Å². The van der Waals surface area contributed by atoms with Gasteiger partial charge in [-0.2, -0.15) is 0 Å². The number of aromatic nitrogens is 2. The van der Waals surface area contributed by atoms with Crippen molar-refractivity contribution >= 4 is 11.5 Å². The van der Waals surface area contributed by atoms with Crippen molar-refractivity contribution in [3.05, 3.63) is 30.6 Å². The highest BCUT2D eigenvalue weighted by molar-refractivity contribution is 5.49. The van der Waals surface area contributed by atoms with Crippen LogP contribution in [0, 0.1) is 5.41 Å². The molecule has 78 valence electrons. The lowest BCUT2D eigenvalue weighted by atomic mass is 10.1. The van der Waals surface area contributed by atoms with E-state index in [9.17, 15) is 0 Å². The molecular formula is C12H15N3. The second-order valence-corrected chi connectivity index (χ2v) is 4.73. The number of anilines is 1. The van der Waals surface area contributed by atoms with Crippen molar-refractivity contribution in [2.45, 2.75) is 19.8 Å². The third kappa shape index (κ3) is 1.58. The first-order valence-corrected chi connectivity index (χ1v) is 5.43. The molecule has 1 aliphatic carbocycles. The van der Waals surface area contributed by atoms with Gasteiger partial charge in [0.2, 0.25) is 0 Å². The standard InChI is InChI=1S/C12H15N3/c1-12(5-6-12)9-14-11-4-2-3-10-13-7-8-15(10)11/h2-4,7-8,14H,5-6,9H2,1H3. The Morgan fingerprint density at radius 3 is 3.13 bits per heavy atom. The summed E-state index contributed by atoms with van der Waals surface area (Å²) in [5.41, 5.74) is 1.53. The molecule has 15 heavy (non-hydrogen) atoms. The Labute approximate surface area is 89.1 Å². The van der Waals surface area contributed by atoms with Gasteiger partial charge < -0.3 is 5.32 Å². The van der Waals surface area contributed by atoms with Gasteiger partial charge in [0.15, 0.2) is 0 Å². The highest BCUT2D eigenvalue weighted by Crippen LogP contribution is 2.44. The summed E-state index contributed by atoms with van der Waals surface area (Å²) in [7, 11) is 0. The van der Waals surface area contributed by atoms with Crippen LogP contribution < -0.4 is 5.32 Å². The molecular weight excluding hydrogens is 186 g/mol. The molecule has 0 bridgehead atoms. The van der Waals surface area contributed by atoms with E-state index in [1.54, 1.807) is 0 Å². The van der Waals surface area contributed by atoms with E-state index < -0.39 is 0 Å². The third-order valence-electron chi connectivity index (χ3n) is 3.23. The van der Waals surface area contributed by atoms with E-state index in [2.05, 4.69) is 27.7 Å². The van der Waals surface area contributed by atoms with E-state index in [-0.39, 0.29) is 0 Å². The maximum Gasteiger partial charge on any atom is 0.138 e. The van der Waals surface area contributed by atoms with Crippen molar-refractivity contribution in [3.63, 3.8) is 0 Å². The average Bonchev–Trinajstić information content (AvgIpc) is 2.80. The van der Waals surface area contributed by atoms with Crippen LogP contribution in [-0.2, 0) is 0 Å². The van der Waals surface area contributed by atoms with E-state index in [1.165, 1.54) is 12.8 Å².